The van der Waals surface area contributed by atoms with Crippen LogP contribution < -0.4 is 10.1 Å². The van der Waals surface area contributed by atoms with Gasteiger partial charge in [0.05, 0.1) is 24.2 Å². The summed E-state index contributed by atoms with van der Waals surface area (Å²) in [6, 6.07) is 20.0. The lowest BCUT2D eigenvalue weighted by Crippen LogP contribution is -2.23. The number of rotatable bonds is 8. The fraction of sp³-hybridized carbons (Fsp3) is 0.154. The molecule has 0 spiro atoms. The van der Waals surface area contributed by atoms with E-state index >= 15 is 0 Å². The van der Waals surface area contributed by atoms with Crippen molar-refractivity contribution in [2.75, 3.05) is 7.11 Å². The molecule has 8 heteroatoms. The molecule has 0 aliphatic heterocycles. The first-order chi connectivity index (χ1) is 16.4. The van der Waals surface area contributed by atoms with Crippen LogP contribution in [0.1, 0.15) is 17.7 Å². The number of nitrogens with one attached hydrogen (secondary N) is 1. The Morgan fingerprint density at radius 1 is 1.06 bits per heavy atom. The Morgan fingerprint density at radius 2 is 1.82 bits per heavy atom. The summed E-state index contributed by atoms with van der Waals surface area (Å²) >= 11 is 5.98. The van der Waals surface area contributed by atoms with Crippen LogP contribution in [0.3, 0.4) is 0 Å². The molecule has 5 nitrogen and oxygen atoms in total. The summed E-state index contributed by atoms with van der Waals surface area (Å²) in [7, 11) is 1.56. The predicted molar refractivity (Wildman–Crippen MR) is 127 cm³/mol. The molecule has 0 atom stereocenters. The van der Waals surface area contributed by atoms with Gasteiger partial charge in [-0.3, -0.25) is 4.79 Å². The van der Waals surface area contributed by atoms with E-state index in [4.69, 9.17) is 16.3 Å². The number of carbonyl (C=O) groups excluding carboxylic acids is 1. The Balaban J connectivity index is 1.55. The van der Waals surface area contributed by atoms with Crippen molar-refractivity contribution >= 4 is 17.5 Å². The van der Waals surface area contributed by atoms with Crippen LogP contribution in [0.2, 0.25) is 5.02 Å². The summed E-state index contributed by atoms with van der Waals surface area (Å²) in [5.74, 6) is -1.40. The highest BCUT2D eigenvalue weighted by molar-refractivity contribution is 6.30. The van der Waals surface area contributed by atoms with Crippen LogP contribution in [0.5, 0.6) is 5.75 Å². The largest absolute Gasteiger partial charge is 0.497 e. The smallest absolute Gasteiger partial charge is 0.220 e. The van der Waals surface area contributed by atoms with Gasteiger partial charge in [0.1, 0.15) is 5.75 Å². The van der Waals surface area contributed by atoms with Crippen LogP contribution in [0, 0.1) is 11.6 Å². The zero-order chi connectivity index (χ0) is 24.1. The third-order valence-electron chi connectivity index (χ3n) is 5.29. The van der Waals surface area contributed by atoms with E-state index in [-0.39, 0.29) is 17.9 Å². The van der Waals surface area contributed by atoms with Crippen molar-refractivity contribution < 1.29 is 18.3 Å². The first kappa shape index (κ1) is 23.4. The van der Waals surface area contributed by atoms with Gasteiger partial charge < -0.3 is 10.1 Å². The molecular formula is C26H22ClF2N3O2. The van der Waals surface area contributed by atoms with Gasteiger partial charge in [0.15, 0.2) is 11.6 Å². The monoisotopic (exact) mass is 481 g/mol. The topological polar surface area (TPSA) is 56.2 Å². The van der Waals surface area contributed by atoms with Crippen LogP contribution in [-0.4, -0.2) is 22.8 Å². The minimum absolute atomic E-state index is 0.0833. The van der Waals surface area contributed by atoms with E-state index in [1.165, 1.54) is 16.8 Å². The van der Waals surface area contributed by atoms with E-state index in [0.29, 0.717) is 40.8 Å². The van der Waals surface area contributed by atoms with Crippen molar-refractivity contribution in [2.24, 2.45) is 0 Å². The summed E-state index contributed by atoms with van der Waals surface area (Å²) < 4.78 is 35.3. The molecule has 4 rings (SSSR count). The number of benzene rings is 3. The van der Waals surface area contributed by atoms with Gasteiger partial charge in [-0.25, -0.2) is 13.5 Å². The number of hydrogen-bond donors (Lipinski definition) is 1. The molecule has 1 N–H and O–H groups in total. The van der Waals surface area contributed by atoms with Crippen LogP contribution in [0.25, 0.3) is 16.9 Å². The van der Waals surface area contributed by atoms with E-state index in [1.54, 1.807) is 49.6 Å². The van der Waals surface area contributed by atoms with E-state index in [9.17, 15) is 13.6 Å². The average molecular weight is 482 g/mol. The third kappa shape index (κ3) is 5.43. The van der Waals surface area contributed by atoms with Crippen LogP contribution >= 0.6 is 11.6 Å². The highest BCUT2D eigenvalue weighted by atomic mass is 35.5. The van der Waals surface area contributed by atoms with Gasteiger partial charge in [-0.05, 0) is 60.2 Å². The molecule has 0 saturated heterocycles. The number of methoxy groups -OCH3 is 1. The van der Waals surface area contributed by atoms with Crippen LogP contribution in [0.15, 0.2) is 72.8 Å². The van der Waals surface area contributed by atoms with Gasteiger partial charge in [0.25, 0.3) is 0 Å². The molecule has 0 bridgehead atoms. The number of aromatic nitrogens is 2. The summed E-state index contributed by atoms with van der Waals surface area (Å²) in [6.45, 7) is 0.361. The summed E-state index contributed by atoms with van der Waals surface area (Å²) in [6.07, 6.45) is 0.514. The zero-order valence-corrected chi connectivity index (χ0v) is 19.2. The Bertz CT molecular complexity index is 1310. The number of carbonyl (C=O) groups is 1. The minimum Gasteiger partial charge on any atom is -0.497 e. The van der Waals surface area contributed by atoms with Crippen molar-refractivity contribution in [3.63, 3.8) is 0 Å². The maximum atomic E-state index is 14.6. The molecule has 4 aromatic rings. The summed E-state index contributed by atoms with van der Waals surface area (Å²) in [5.41, 5.74) is 2.59. The minimum atomic E-state index is -0.956. The van der Waals surface area contributed by atoms with Crippen LogP contribution in [0.4, 0.5) is 8.78 Å². The van der Waals surface area contributed by atoms with Gasteiger partial charge in [-0.1, -0.05) is 29.8 Å². The molecule has 1 heterocycles. The molecule has 1 amide bonds. The first-order valence-electron chi connectivity index (χ1n) is 10.6. The maximum absolute atomic E-state index is 14.6. The maximum Gasteiger partial charge on any atom is 0.220 e. The van der Waals surface area contributed by atoms with Crippen LogP contribution in [-0.2, 0) is 17.8 Å². The second kappa shape index (κ2) is 10.5. The summed E-state index contributed by atoms with van der Waals surface area (Å²) in [5, 5.41) is 8.03. The van der Waals surface area contributed by atoms with Crippen molar-refractivity contribution in [1.82, 2.24) is 15.1 Å². The molecule has 174 valence electrons. The SMILES string of the molecule is COc1ccc(-n2nc(CCC(=O)NCc3cccc(Cl)c3)cc2-c2cccc(F)c2F)cc1. The van der Waals surface area contributed by atoms with E-state index in [0.717, 1.165) is 11.6 Å². The van der Waals surface area contributed by atoms with Crippen molar-refractivity contribution in [3.05, 3.63) is 101 Å². The number of nitrogens with zero attached hydrogens (tertiary/aromatic N) is 2. The van der Waals surface area contributed by atoms with Gasteiger partial charge in [0.2, 0.25) is 5.91 Å². The number of ether oxygens (including phenoxy) is 1. The third-order valence-corrected chi connectivity index (χ3v) is 5.53. The van der Waals surface area contributed by atoms with Gasteiger partial charge in [0, 0.05) is 30.0 Å². The van der Waals surface area contributed by atoms with Gasteiger partial charge in [-0.2, -0.15) is 5.10 Å². The average Bonchev–Trinajstić information content (AvgIpc) is 3.27. The molecule has 0 fully saturated rings. The second-order valence-electron chi connectivity index (χ2n) is 7.64. The van der Waals surface area contributed by atoms with E-state index in [2.05, 4.69) is 10.4 Å². The van der Waals surface area contributed by atoms with Gasteiger partial charge in [-0.15, -0.1) is 0 Å². The summed E-state index contributed by atoms with van der Waals surface area (Å²) in [4.78, 5) is 12.4. The first-order valence-corrected chi connectivity index (χ1v) is 11.0. The molecule has 0 radical (unpaired) electrons. The lowest BCUT2D eigenvalue weighted by molar-refractivity contribution is -0.121. The Kier molecular flexibility index (Phi) is 7.23. The molecule has 0 saturated carbocycles. The number of amides is 1. The molecule has 0 unspecified atom stereocenters. The molecular weight excluding hydrogens is 460 g/mol. The highest BCUT2D eigenvalue weighted by Gasteiger charge is 2.18. The Hall–Kier alpha value is -3.71. The van der Waals surface area contributed by atoms with Crippen molar-refractivity contribution in [3.8, 4) is 22.7 Å². The molecule has 3 aromatic carbocycles. The lowest BCUT2D eigenvalue weighted by atomic mass is 10.1. The fourth-order valence-corrected chi connectivity index (χ4v) is 3.76. The lowest BCUT2D eigenvalue weighted by Gasteiger charge is -2.09. The molecule has 34 heavy (non-hydrogen) atoms. The molecule has 0 aliphatic rings. The fourth-order valence-electron chi connectivity index (χ4n) is 3.54. The predicted octanol–water partition coefficient (Wildman–Crippen LogP) is 5.73. The number of hydrogen-bond acceptors (Lipinski definition) is 3. The highest BCUT2D eigenvalue weighted by Crippen LogP contribution is 2.29. The number of aryl methyl sites for hydroxylation is 1. The zero-order valence-electron chi connectivity index (χ0n) is 18.4. The molecule has 1 aromatic heterocycles. The second-order valence-corrected chi connectivity index (χ2v) is 8.08. The van der Waals surface area contributed by atoms with Crippen molar-refractivity contribution in [2.45, 2.75) is 19.4 Å². The Morgan fingerprint density at radius 3 is 2.56 bits per heavy atom. The number of halogens is 3. The molecule has 0 aliphatic carbocycles. The van der Waals surface area contributed by atoms with Crippen molar-refractivity contribution in [1.29, 1.82) is 0 Å². The van der Waals surface area contributed by atoms with E-state index < -0.39 is 11.6 Å². The quantitative estimate of drug-likeness (QED) is 0.350. The Labute approximate surface area is 200 Å². The standard InChI is InChI=1S/C26H22ClF2N3O2/c1-34-21-11-9-20(10-12-21)32-24(22-6-3-7-23(28)26(22)29)15-19(31-32)8-13-25(33)30-16-17-4-2-5-18(27)14-17/h2-7,9-12,14-15H,8,13,16H2,1H3,(H,30,33). The van der Waals surface area contributed by atoms with E-state index in [1.807, 2.05) is 12.1 Å². The van der Waals surface area contributed by atoms with Gasteiger partial charge >= 0.3 is 0 Å². The normalized spacial score (nSPS) is 10.8.